The molecule has 2 N–H and O–H groups in total. The van der Waals surface area contributed by atoms with Gasteiger partial charge in [-0.25, -0.2) is 4.98 Å². The first-order valence-electron chi connectivity index (χ1n) is 7.95. The van der Waals surface area contributed by atoms with E-state index in [0.717, 1.165) is 10.6 Å². The highest BCUT2D eigenvalue weighted by molar-refractivity contribution is 7.13. The third kappa shape index (κ3) is 5.45. The molecule has 128 valence electrons. The number of amides is 1. The van der Waals surface area contributed by atoms with Crippen molar-refractivity contribution in [2.75, 3.05) is 6.54 Å². The molecular formula is C18H22N2O3S. The molecule has 2 aromatic rings. The van der Waals surface area contributed by atoms with E-state index >= 15 is 0 Å². The Labute approximate surface area is 145 Å². The first-order chi connectivity index (χ1) is 11.5. The van der Waals surface area contributed by atoms with Crippen molar-refractivity contribution < 1.29 is 14.7 Å². The van der Waals surface area contributed by atoms with Gasteiger partial charge < -0.3 is 10.4 Å². The van der Waals surface area contributed by atoms with E-state index in [4.69, 9.17) is 0 Å². The van der Waals surface area contributed by atoms with Crippen molar-refractivity contribution in [3.05, 3.63) is 41.4 Å². The standard InChI is InChI=1S/C18H22N2O3S/c1-12(2)8-14(18(22)23)10-19-16(21)9-15-11-24-17(20-15)13-6-4-3-5-7-13/h3-7,11-12,14H,8-10H2,1-2H3,(H,19,21)(H,22,23). The zero-order valence-corrected chi connectivity index (χ0v) is 14.7. The Hall–Kier alpha value is -2.21. The van der Waals surface area contributed by atoms with Gasteiger partial charge in [-0.2, -0.15) is 0 Å². The van der Waals surface area contributed by atoms with Crippen molar-refractivity contribution >= 4 is 23.2 Å². The van der Waals surface area contributed by atoms with E-state index in [1.807, 2.05) is 49.6 Å². The van der Waals surface area contributed by atoms with Gasteiger partial charge >= 0.3 is 5.97 Å². The Kier molecular flexibility index (Phi) is 6.49. The number of carboxylic acids is 1. The van der Waals surface area contributed by atoms with Crippen molar-refractivity contribution in [2.24, 2.45) is 11.8 Å². The zero-order valence-electron chi connectivity index (χ0n) is 13.9. The van der Waals surface area contributed by atoms with Gasteiger partial charge in [0.2, 0.25) is 5.91 Å². The SMILES string of the molecule is CC(C)CC(CNC(=O)Cc1csc(-c2ccccc2)n1)C(=O)O. The van der Waals surface area contributed by atoms with Crippen molar-refractivity contribution in [3.63, 3.8) is 0 Å². The third-order valence-electron chi connectivity index (χ3n) is 3.56. The van der Waals surface area contributed by atoms with E-state index in [9.17, 15) is 14.7 Å². The van der Waals surface area contributed by atoms with E-state index in [0.29, 0.717) is 12.1 Å². The highest BCUT2D eigenvalue weighted by Gasteiger charge is 2.20. The summed E-state index contributed by atoms with van der Waals surface area (Å²) >= 11 is 1.50. The number of hydrogen-bond acceptors (Lipinski definition) is 4. The van der Waals surface area contributed by atoms with Crippen LogP contribution in [0.2, 0.25) is 0 Å². The highest BCUT2D eigenvalue weighted by Crippen LogP contribution is 2.23. The minimum atomic E-state index is -0.871. The fourth-order valence-corrected chi connectivity index (χ4v) is 3.23. The van der Waals surface area contributed by atoms with Gasteiger partial charge in [0.05, 0.1) is 18.0 Å². The second-order valence-corrected chi connectivity index (χ2v) is 7.01. The molecule has 1 atom stereocenters. The molecule has 0 saturated carbocycles. The van der Waals surface area contributed by atoms with Crippen LogP contribution < -0.4 is 5.32 Å². The number of aromatic nitrogens is 1. The lowest BCUT2D eigenvalue weighted by Gasteiger charge is -2.15. The predicted octanol–water partition coefficient (Wildman–Crippen LogP) is 3.22. The Bertz CT molecular complexity index is 683. The molecule has 2 rings (SSSR count). The summed E-state index contributed by atoms with van der Waals surface area (Å²) in [6.07, 6.45) is 0.710. The molecule has 0 aliphatic rings. The number of nitrogens with one attached hydrogen (secondary N) is 1. The third-order valence-corrected chi connectivity index (χ3v) is 4.51. The number of carboxylic acid groups (broad SMARTS) is 1. The van der Waals surface area contributed by atoms with Crippen LogP contribution >= 0.6 is 11.3 Å². The van der Waals surface area contributed by atoms with Crippen LogP contribution in [0.4, 0.5) is 0 Å². The monoisotopic (exact) mass is 346 g/mol. The molecule has 1 heterocycles. The summed E-state index contributed by atoms with van der Waals surface area (Å²) in [5.74, 6) is -1.35. The molecule has 0 bridgehead atoms. The molecule has 0 radical (unpaired) electrons. The number of hydrogen-bond donors (Lipinski definition) is 2. The zero-order chi connectivity index (χ0) is 17.5. The van der Waals surface area contributed by atoms with Gasteiger partial charge in [-0.1, -0.05) is 44.2 Å². The number of rotatable bonds is 8. The fourth-order valence-electron chi connectivity index (χ4n) is 2.41. The van der Waals surface area contributed by atoms with Crippen LogP contribution in [0.3, 0.4) is 0 Å². The molecule has 5 nitrogen and oxygen atoms in total. The second kappa shape index (κ2) is 8.59. The molecule has 24 heavy (non-hydrogen) atoms. The molecule has 1 amide bonds. The van der Waals surface area contributed by atoms with Crippen molar-refractivity contribution in [2.45, 2.75) is 26.7 Å². The number of thiazole rings is 1. The van der Waals surface area contributed by atoms with Crippen LogP contribution in [0.25, 0.3) is 10.6 Å². The molecule has 1 aromatic heterocycles. The number of benzene rings is 1. The smallest absolute Gasteiger partial charge is 0.308 e. The summed E-state index contributed by atoms with van der Waals surface area (Å²) in [6, 6.07) is 9.80. The molecular weight excluding hydrogens is 324 g/mol. The van der Waals surface area contributed by atoms with Gasteiger partial charge in [0, 0.05) is 17.5 Å². The van der Waals surface area contributed by atoms with E-state index in [1.165, 1.54) is 11.3 Å². The van der Waals surface area contributed by atoms with Gasteiger partial charge in [-0.05, 0) is 12.3 Å². The van der Waals surface area contributed by atoms with Gasteiger partial charge in [-0.3, -0.25) is 9.59 Å². The predicted molar refractivity (Wildman–Crippen MR) is 94.8 cm³/mol. The number of aliphatic carboxylic acids is 1. The number of carbonyl (C=O) groups excluding carboxylic acids is 1. The number of nitrogens with zero attached hydrogens (tertiary/aromatic N) is 1. The average molecular weight is 346 g/mol. The summed E-state index contributed by atoms with van der Waals surface area (Å²) < 4.78 is 0. The van der Waals surface area contributed by atoms with Crippen LogP contribution in [0, 0.1) is 11.8 Å². The summed E-state index contributed by atoms with van der Waals surface area (Å²) in [7, 11) is 0. The molecule has 6 heteroatoms. The number of carbonyl (C=O) groups is 2. The maximum absolute atomic E-state index is 12.0. The molecule has 1 aromatic carbocycles. The molecule has 0 aliphatic heterocycles. The molecule has 0 aliphatic carbocycles. The van der Waals surface area contributed by atoms with E-state index in [-0.39, 0.29) is 24.8 Å². The largest absolute Gasteiger partial charge is 0.481 e. The van der Waals surface area contributed by atoms with Crippen LogP contribution in [0.5, 0.6) is 0 Å². The summed E-state index contributed by atoms with van der Waals surface area (Å²) in [4.78, 5) is 27.7. The van der Waals surface area contributed by atoms with Crippen molar-refractivity contribution in [3.8, 4) is 10.6 Å². The van der Waals surface area contributed by atoms with Gasteiger partial charge in [0.1, 0.15) is 5.01 Å². The lowest BCUT2D eigenvalue weighted by molar-refractivity contribution is -0.142. The normalized spacial score (nSPS) is 12.1. The summed E-state index contributed by atoms with van der Waals surface area (Å²) in [5, 5.41) is 14.6. The first-order valence-corrected chi connectivity index (χ1v) is 8.83. The van der Waals surface area contributed by atoms with Gasteiger partial charge in [-0.15, -0.1) is 11.3 Å². The first kappa shape index (κ1) is 18.1. The van der Waals surface area contributed by atoms with Crippen LogP contribution in [-0.4, -0.2) is 28.5 Å². The van der Waals surface area contributed by atoms with Crippen molar-refractivity contribution in [1.82, 2.24) is 10.3 Å². The van der Waals surface area contributed by atoms with Crippen LogP contribution in [0.1, 0.15) is 26.0 Å². The maximum atomic E-state index is 12.0. The minimum absolute atomic E-state index is 0.155. The quantitative estimate of drug-likeness (QED) is 0.769. The molecule has 0 fully saturated rings. The topological polar surface area (TPSA) is 79.3 Å². The molecule has 0 saturated heterocycles. The van der Waals surface area contributed by atoms with E-state index in [1.54, 1.807) is 0 Å². The van der Waals surface area contributed by atoms with E-state index < -0.39 is 11.9 Å². The lowest BCUT2D eigenvalue weighted by atomic mass is 9.97. The fraction of sp³-hybridized carbons (Fsp3) is 0.389. The van der Waals surface area contributed by atoms with Crippen LogP contribution in [0.15, 0.2) is 35.7 Å². The van der Waals surface area contributed by atoms with Gasteiger partial charge in [0.15, 0.2) is 0 Å². The van der Waals surface area contributed by atoms with Crippen molar-refractivity contribution in [1.29, 1.82) is 0 Å². The lowest BCUT2D eigenvalue weighted by Crippen LogP contribution is -2.34. The molecule has 0 spiro atoms. The van der Waals surface area contributed by atoms with E-state index in [2.05, 4.69) is 10.3 Å². The minimum Gasteiger partial charge on any atom is -0.481 e. The second-order valence-electron chi connectivity index (χ2n) is 6.16. The van der Waals surface area contributed by atoms with Gasteiger partial charge in [0.25, 0.3) is 0 Å². The Balaban J connectivity index is 1.88. The summed E-state index contributed by atoms with van der Waals surface area (Å²) in [5.41, 5.74) is 1.73. The molecule has 1 unspecified atom stereocenters. The Morgan fingerprint density at radius 2 is 1.96 bits per heavy atom. The average Bonchev–Trinajstić information content (AvgIpc) is 3.00. The maximum Gasteiger partial charge on any atom is 0.308 e. The van der Waals surface area contributed by atoms with Crippen LogP contribution in [-0.2, 0) is 16.0 Å². The Morgan fingerprint density at radius 1 is 1.25 bits per heavy atom. The Morgan fingerprint density at radius 3 is 2.58 bits per heavy atom. The summed E-state index contributed by atoms with van der Waals surface area (Å²) in [6.45, 7) is 4.10. The highest BCUT2D eigenvalue weighted by atomic mass is 32.1.